The van der Waals surface area contributed by atoms with E-state index in [-0.39, 0.29) is 6.42 Å². The van der Waals surface area contributed by atoms with E-state index in [9.17, 15) is 29.1 Å². The average molecular weight is 505 g/mol. The van der Waals surface area contributed by atoms with E-state index in [2.05, 4.69) is 20.9 Å². The molecule has 2 aromatic rings. The van der Waals surface area contributed by atoms with Gasteiger partial charge in [-0.1, -0.05) is 24.6 Å². The number of unbranched alkanes of at least 4 members (excludes halogenated alkanes) is 1. The molecule has 0 fully saturated rings. The summed E-state index contributed by atoms with van der Waals surface area (Å²) in [7, 11) is 0. The minimum absolute atomic E-state index is 0.0203. The number of carboxylic acid groups (broad SMARTS) is 2. The monoisotopic (exact) mass is 504 g/mol. The average Bonchev–Trinajstić information content (AvgIpc) is 3.24. The summed E-state index contributed by atoms with van der Waals surface area (Å²) in [4.78, 5) is 63.1. The van der Waals surface area contributed by atoms with Crippen LogP contribution in [0.15, 0.2) is 30.5 Å². The number of carboxylic acids is 2. The highest BCUT2D eigenvalue weighted by atomic mass is 16.4. The number of nitrogens with two attached hydrogens (primary N) is 2. The molecule has 2 rings (SSSR count). The Kier molecular flexibility index (Phi) is 10.8. The topological polar surface area (TPSA) is 230 Å². The van der Waals surface area contributed by atoms with Crippen LogP contribution in [0, 0.1) is 0 Å². The summed E-state index contributed by atoms with van der Waals surface area (Å²) in [5.41, 5.74) is 12.7. The third-order valence-electron chi connectivity index (χ3n) is 5.47. The van der Waals surface area contributed by atoms with Crippen LogP contribution in [0.4, 0.5) is 0 Å². The fourth-order valence-corrected chi connectivity index (χ4v) is 3.56. The molecule has 1 heterocycles. The number of carbonyl (C=O) groups excluding carboxylic acids is 3. The van der Waals surface area contributed by atoms with E-state index in [1.165, 1.54) is 0 Å². The van der Waals surface area contributed by atoms with Gasteiger partial charge in [0, 0.05) is 23.5 Å². The molecule has 0 bridgehead atoms. The molecule has 0 saturated carbocycles. The SMILES string of the molecule is NCCCCC(N)C(=O)NCC(=O)NC(Cc1c[nH]c2ccccc12)C(=O)NC(CC(=O)O)C(=O)O. The lowest BCUT2D eigenvalue weighted by atomic mass is 10.0. The van der Waals surface area contributed by atoms with Gasteiger partial charge in [-0.15, -0.1) is 0 Å². The van der Waals surface area contributed by atoms with E-state index in [0.29, 0.717) is 31.4 Å². The highest BCUT2D eigenvalue weighted by molar-refractivity contribution is 5.94. The van der Waals surface area contributed by atoms with Crippen LogP contribution in [0.2, 0.25) is 0 Å². The zero-order valence-corrected chi connectivity index (χ0v) is 19.7. The number of H-pyrrole nitrogens is 1. The number of aromatic nitrogens is 1. The van der Waals surface area contributed by atoms with Crippen LogP contribution < -0.4 is 27.4 Å². The summed E-state index contributed by atoms with van der Waals surface area (Å²) in [5, 5.41) is 26.1. The van der Waals surface area contributed by atoms with Crippen molar-refractivity contribution in [2.24, 2.45) is 11.5 Å². The standard InChI is InChI=1S/C23H32N6O7/c24-8-4-3-6-15(25)21(33)27-12-19(30)28-17(22(34)29-18(23(35)36)10-20(31)32)9-13-11-26-16-7-2-1-5-14(13)16/h1-2,5,7,11,15,17-18,26H,3-4,6,8-10,12,24-25H2,(H,27,33)(H,28,30)(H,29,34)(H,31,32)(H,35,36). The van der Waals surface area contributed by atoms with Crippen LogP contribution in [0.25, 0.3) is 10.9 Å². The zero-order chi connectivity index (χ0) is 26.7. The van der Waals surface area contributed by atoms with Gasteiger partial charge in [0.15, 0.2) is 0 Å². The number of rotatable bonds is 15. The van der Waals surface area contributed by atoms with Gasteiger partial charge < -0.3 is 42.6 Å². The number of benzene rings is 1. The van der Waals surface area contributed by atoms with Crippen LogP contribution in [0.3, 0.4) is 0 Å². The lowest BCUT2D eigenvalue weighted by Gasteiger charge is -2.21. The Morgan fingerprint density at radius 1 is 0.972 bits per heavy atom. The van der Waals surface area contributed by atoms with Crippen molar-refractivity contribution in [1.82, 2.24) is 20.9 Å². The molecular weight excluding hydrogens is 472 g/mol. The van der Waals surface area contributed by atoms with Gasteiger partial charge in [0.2, 0.25) is 17.7 Å². The fourth-order valence-electron chi connectivity index (χ4n) is 3.56. The molecule has 0 aliphatic heterocycles. The van der Waals surface area contributed by atoms with Crippen molar-refractivity contribution in [1.29, 1.82) is 0 Å². The van der Waals surface area contributed by atoms with Gasteiger partial charge in [-0.2, -0.15) is 0 Å². The number of hydrogen-bond donors (Lipinski definition) is 8. The van der Waals surface area contributed by atoms with E-state index >= 15 is 0 Å². The van der Waals surface area contributed by atoms with Crippen molar-refractivity contribution >= 4 is 40.6 Å². The van der Waals surface area contributed by atoms with Crippen LogP contribution in [-0.4, -0.2) is 76.1 Å². The smallest absolute Gasteiger partial charge is 0.326 e. The Hall–Kier alpha value is -3.97. The van der Waals surface area contributed by atoms with Crippen LogP contribution in [-0.2, 0) is 30.4 Å². The van der Waals surface area contributed by atoms with E-state index < -0.39 is 60.8 Å². The molecule has 13 heteroatoms. The molecule has 13 nitrogen and oxygen atoms in total. The molecule has 10 N–H and O–H groups in total. The predicted octanol–water partition coefficient (Wildman–Crippen LogP) is -1.19. The first-order valence-corrected chi connectivity index (χ1v) is 11.4. The van der Waals surface area contributed by atoms with Crippen molar-refractivity contribution in [2.75, 3.05) is 13.1 Å². The summed E-state index contributed by atoms with van der Waals surface area (Å²) in [6.07, 6.45) is 2.57. The van der Waals surface area contributed by atoms with Crippen LogP contribution in [0.1, 0.15) is 31.2 Å². The van der Waals surface area contributed by atoms with Gasteiger partial charge in [-0.05, 0) is 31.0 Å². The molecular formula is C23H32N6O7. The van der Waals surface area contributed by atoms with Gasteiger partial charge in [0.1, 0.15) is 12.1 Å². The Bertz CT molecular complexity index is 1090. The molecule has 3 atom stereocenters. The molecule has 1 aromatic heterocycles. The molecule has 3 unspecified atom stereocenters. The fraction of sp³-hybridized carbons (Fsp3) is 0.435. The summed E-state index contributed by atoms with van der Waals surface area (Å²) in [6.45, 7) is 0.0183. The number of fused-ring (bicyclic) bond motifs is 1. The van der Waals surface area contributed by atoms with Gasteiger partial charge in [0.05, 0.1) is 19.0 Å². The minimum Gasteiger partial charge on any atom is -0.481 e. The molecule has 0 saturated heterocycles. The number of aliphatic carboxylic acids is 2. The third-order valence-corrected chi connectivity index (χ3v) is 5.47. The molecule has 196 valence electrons. The predicted molar refractivity (Wildman–Crippen MR) is 130 cm³/mol. The molecule has 1 aromatic carbocycles. The Labute approximate surface area is 207 Å². The minimum atomic E-state index is -1.69. The summed E-state index contributed by atoms with van der Waals surface area (Å²) in [5.74, 6) is -5.06. The van der Waals surface area contributed by atoms with Gasteiger partial charge in [0.25, 0.3) is 0 Å². The number of hydrogen-bond acceptors (Lipinski definition) is 7. The van der Waals surface area contributed by atoms with Gasteiger partial charge >= 0.3 is 11.9 Å². The van der Waals surface area contributed by atoms with Crippen molar-refractivity contribution in [3.8, 4) is 0 Å². The lowest BCUT2D eigenvalue weighted by molar-refractivity contribution is -0.147. The van der Waals surface area contributed by atoms with E-state index in [0.717, 1.165) is 10.9 Å². The first-order valence-electron chi connectivity index (χ1n) is 11.4. The van der Waals surface area contributed by atoms with E-state index in [1.807, 2.05) is 18.2 Å². The molecule has 3 amide bonds. The lowest BCUT2D eigenvalue weighted by Crippen LogP contribution is -2.54. The van der Waals surface area contributed by atoms with Gasteiger partial charge in [-0.3, -0.25) is 19.2 Å². The third kappa shape index (κ3) is 8.67. The first-order chi connectivity index (χ1) is 17.1. The van der Waals surface area contributed by atoms with Crippen LogP contribution in [0.5, 0.6) is 0 Å². The Morgan fingerprint density at radius 2 is 1.69 bits per heavy atom. The second-order valence-electron chi connectivity index (χ2n) is 8.29. The summed E-state index contributed by atoms with van der Waals surface area (Å²) >= 11 is 0. The maximum atomic E-state index is 12.9. The van der Waals surface area contributed by atoms with Crippen molar-refractivity contribution in [3.63, 3.8) is 0 Å². The van der Waals surface area contributed by atoms with E-state index in [4.69, 9.17) is 16.6 Å². The van der Waals surface area contributed by atoms with Crippen molar-refractivity contribution < 1.29 is 34.2 Å². The van der Waals surface area contributed by atoms with Crippen molar-refractivity contribution in [2.45, 2.75) is 50.2 Å². The second kappa shape index (κ2) is 13.8. The normalized spacial score (nSPS) is 13.4. The molecule has 0 aliphatic rings. The maximum absolute atomic E-state index is 12.9. The van der Waals surface area contributed by atoms with E-state index in [1.54, 1.807) is 12.3 Å². The number of para-hydroxylation sites is 1. The molecule has 0 aliphatic carbocycles. The molecule has 36 heavy (non-hydrogen) atoms. The maximum Gasteiger partial charge on any atom is 0.326 e. The number of aromatic amines is 1. The second-order valence-corrected chi connectivity index (χ2v) is 8.29. The van der Waals surface area contributed by atoms with Crippen LogP contribution >= 0.6 is 0 Å². The Balaban J connectivity index is 2.11. The molecule has 0 spiro atoms. The Morgan fingerprint density at radius 3 is 2.36 bits per heavy atom. The largest absolute Gasteiger partial charge is 0.481 e. The van der Waals surface area contributed by atoms with Crippen molar-refractivity contribution in [3.05, 3.63) is 36.0 Å². The number of amides is 3. The number of carbonyl (C=O) groups is 5. The quantitative estimate of drug-likeness (QED) is 0.136. The summed E-state index contributed by atoms with van der Waals surface area (Å²) in [6, 6.07) is 3.50. The first kappa shape index (κ1) is 28.3. The highest BCUT2D eigenvalue weighted by Gasteiger charge is 2.29. The summed E-state index contributed by atoms with van der Waals surface area (Å²) < 4.78 is 0. The highest BCUT2D eigenvalue weighted by Crippen LogP contribution is 2.19. The van der Waals surface area contributed by atoms with Gasteiger partial charge in [-0.25, -0.2) is 4.79 Å². The molecule has 0 radical (unpaired) electrons. The zero-order valence-electron chi connectivity index (χ0n) is 19.7. The number of nitrogens with one attached hydrogen (secondary N) is 4.